The van der Waals surface area contributed by atoms with Crippen LogP contribution in [0.25, 0.3) is 0 Å². The first kappa shape index (κ1) is 16.6. The van der Waals surface area contributed by atoms with E-state index in [4.69, 9.17) is 11.5 Å². The number of carboxylic acid groups (broad SMARTS) is 1. The number of aryl methyl sites for hydroxylation is 1. The van der Waals surface area contributed by atoms with Crippen LogP contribution in [0.5, 0.6) is 0 Å². The zero-order valence-electron chi connectivity index (χ0n) is 12.3. The van der Waals surface area contributed by atoms with Crippen molar-refractivity contribution in [1.29, 1.82) is 0 Å². The van der Waals surface area contributed by atoms with Crippen molar-refractivity contribution < 1.29 is 14.7 Å². The van der Waals surface area contributed by atoms with Crippen LogP contribution in [0.3, 0.4) is 0 Å². The molecule has 5 nitrogen and oxygen atoms in total. The zero-order chi connectivity index (χ0) is 15.8. The molecule has 0 fully saturated rings. The Bertz CT molecular complexity index is 531. The predicted octanol–water partition coefficient (Wildman–Crippen LogP) is 2.40. The molecule has 0 aliphatic rings. The summed E-state index contributed by atoms with van der Waals surface area (Å²) in [5.41, 5.74) is 1.55. The minimum absolute atomic E-state index is 0.399. The first-order chi connectivity index (χ1) is 9.97. The summed E-state index contributed by atoms with van der Waals surface area (Å²) >= 11 is 0. The number of terminal acetylenes is 1. The molecular formula is C16H20N2O3. The van der Waals surface area contributed by atoms with Gasteiger partial charge < -0.3 is 10.4 Å². The third-order valence-corrected chi connectivity index (χ3v) is 2.96. The first-order valence-electron chi connectivity index (χ1n) is 6.80. The minimum Gasteiger partial charge on any atom is -0.480 e. The number of benzene rings is 1. The second kappa shape index (κ2) is 7.95. The highest BCUT2D eigenvalue weighted by atomic mass is 16.4. The molecule has 1 aromatic rings. The number of carboxylic acids is 1. The summed E-state index contributed by atoms with van der Waals surface area (Å²) in [5.74, 6) is 1.41. The van der Waals surface area contributed by atoms with Crippen molar-refractivity contribution in [3.05, 3.63) is 29.8 Å². The van der Waals surface area contributed by atoms with Gasteiger partial charge in [-0.1, -0.05) is 37.0 Å². The summed E-state index contributed by atoms with van der Waals surface area (Å²) in [5, 5.41) is 11.7. The van der Waals surface area contributed by atoms with Gasteiger partial charge in [-0.15, -0.1) is 6.42 Å². The number of carbonyl (C=O) groups is 2. The number of rotatable bonds is 6. The Morgan fingerprint density at radius 2 is 2.00 bits per heavy atom. The van der Waals surface area contributed by atoms with Gasteiger partial charge in [-0.3, -0.25) is 9.69 Å². The van der Waals surface area contributed by atoms with Gasteiger partial charge >= 0.3 is 12.0 Å². The lowest BCUT2D eigenvalue weighted by molar-refractivity contribution is -0.135. The molecule has 112 valence electrons. The maximum Gasteiger partial charge on any atom is 0.323 e. The van der Waals surface area contributed by atoms with Gasteiger partial charge in [0.05, 0.1) is 6.04 Å². The van der Waals surface area contributed by atoms with E-state index in [0.717, 1.165) is 12.0 Å². The van der Waals surface area contributed by atoms with Gasteiger partial charge in [0.25, 0.3) is 0 Å². The minimum atomic E-state index is -1.08. The number of carbonyl (C=O) groups excluding carboxylic acids is 1. The van der Waals surface area contributed by atoms with E-state index in [1.165, 1.54) is 4.90 Å². The Morgan fingerprint density at radius 3 is 2.48 bits per heavy atom. The highest BCUT2D eigenvalue weighted by Gasteiger charge is 2.20. The standard InChI is InChI=1S/C16H20N2O3/c1-4-6-13(5-2)17-16(21)18(11-15(19)20)14-9-7-12(3)8-10-14/h2,7-10,13H,4,6,11H2,1,3H3,(H,17,21)(H,19,20). The zero-order valence-corrected chi connectivity index (χ0v) is 12.3. The molecule has 1 aromatic carbocycles. The highest BCUT2D eigenvalue weighted by Crippen LogP contribution is 2.15. The van der Waals surface area contributed by atoms with Crippen LogP contribution in [-0.4, -0.2) is 29.7 Å². The van der Waals surface area contributed by atoms with Crippen molar-refractivity contribution >= 4 is 17.7 Å². The molecule has 1 unspecified atom stereocenters. The molecule has 1 rings (SSSR count). The van der Waals surface area contributed by atoms with Crippen LogP contribution in [0, 0.1) is 19.3 Å². The van der Waals surface area contributed by atoms with Gasteiger partial charge in [-0.25, -0.2) is 4.79 Å². The number of aliphatic carboxylic acids is 1. The summed E-state index contributed by atoms with van der Waals surface area (Å²) in [7, 11) is 0. The summed E-state index contributed by atoms with van der Waals surface area (Å²) in [6.07, 6.45) is 6.85. The average Bonchev–Trinajstić information content (AvgIpc) is 2.45. The van der Waals surface area contributed by atoms with E-state index in [1.807, 2.05) is 26.0 Å². The summed E-state index contributed by atoms with van der Waals surface area (Å²) in [6, 6.07) is 6.16. The quantitative estimate of drug-likeness (QED) is 0.790. The molecule has 0 saturated heterocycles. The van der Waals surface area contributed by atoms with Gasteiger partial charge in [0, 0.05) is 5.69 Å². The van der Waals surface area contributed by atoms with E-state index in [-0.39, 0.29) is 0 Å². The van der Waals surface area contributed by atoms with E-state index in [1.54, 1.807) is 12.1 Å². The first-order valence-corrected chi connectivity index (χ1v) is 6.80. The molecule has 2 amide bonds. The number of hydrogen-bond donors (Lipinski definition) is 2. The fraction of sp³-hybridized carbons (Fsp3) is 0.375. The maximum atomic E-state index is 12.3. The van der Waals surface area contributed by atoms with Crippen molar-refractivity contribution in [3.8, 4) is 12.3 Å². The fourth-order valence-electron chi connectivity index (χ4n) is 1.85. The topological polar surface area (TPSA) is 69.6 Å². The normalized spacial score (nSPS) is 11.3. The highest BCUT2D eigenvalue weighted by molar-refractivity contribution is 5.96. The molecule has 1 atom stereocenters. The predicted molar refractivity (Wildman–Crippen MR) is 82.2 cm³/mol. The second-order valence-electron chi connectivity index (χ2n) is 4.77. The number of anilines is 1. The van der Waals surface area contributed by atoms with Crippen molar-refractivity contribution in [2.75, 3.05) is 11.4 Å². The van der Waals surface area contributed by atoms with Crippen LogP contribution < -0.4 is 10.2 Å². The number of amides is 2. The molecular weight excluding hydrogens is 268 g/mol. The van der Waals surface area contributed by atoms with Gasteiger partial charge in [0.15, 0.2) is 0 Å². The number of nitrogens with one attached hydrogen (secondary N) is 1. The van der Waals surface area contributed by atoms with Gasteiger partial charge in [0.1, 0.15) is 6.54 Å². The lowest BCUT2D eigenvalue weighted by Crippen LogP contribution is -2.46. The monoisotopic (exact) mass is 288 g/mol. The van der Waals surface area contributed by atoms with Crippen LogP contribution in [0.15, 0.2) is 24.3 Å². The van der Waals surface area contributed by atoms with E-state index >= 15 is 0 Å². The van der Waals surface area contributed by atoms with E-state index in [2.05, 4.69) is 11.2 Å². The SMILES string of the molecule is C#CC(CCC)NC(=O)N(CC(=O)O)c1ccc(C)cc1. The molecule has 0 spiro atoms. The summed E-state index contributed by atoms with van der Waals surface area (Å²) in [4.78, 5) is 24.4. The van der Waals surface area contributed by atoms with Crippen LogP contribution in [-0.2, 0) is 4.79 Å². The van der Waals surface area contributed by atoms with Crippen LogP contribution in [0.1, 0.15) is 25.3 Å². The Kier molecular flexibility index (Phi) is 6.28. The van der Waals surface area contributed by atoms with Crippen LogP contribution in [0.4, 0.5) is 10.5 Å². The lowest BCUT2D eigenvalue weighted by atomic mass is 10.2. The Morgan fingerprint density at radius 1 is 1.38 bits per heavy atom. The summed E-state index contributed by atoms with van der Waals surface area (Å²) in [6.45, 7) is 3.46. The number of urea groups is 1. The molecule has 0 aliphatic carbocycles. The van der Waals surface area contributed by atoms with Crippen molar-refractivity contribution in [3.63, 3.8) is 0 Å². The number of hydrogen-bond acceptors (Lipinski definition) is 2. The van der Waals surface area contributed by atoms with E-state index in [9.17, 15) is 9.59 Å². The average molecular weight is 288 g/mol. The molecule has 21 heavy (non-hydrogen) atoms. The Labute approximate surface area is 125 Å². The van der Waals surface area contributed by atoms with Crippen LogP contribution in [0.2, 0.25) is 0 Å². The molecule has 0 bridgehead atoms. The molecule has 0 saturated carbocycles. The molecule has 0 radical (unpaired) electrons. The van der Waals surface area contributed by atoms with Crippen molar-refractivity contribution in [1.82, 2.24) is 5.32 Å². The smallest absolute Gasteiger partial charge is 0.323 e. The van der Waals surface area contributed by atoms with Crippen molar-refractivity contribution in [2.45, 2.75) is 32.7 Å². The van der Waals surface area contributed by atoms with Crippen LogP contribution >= 0.6 is 0 Å². The maximum absolute atomic E-state index is 12.3. The summed E-state index contributed by atoms with van der Waals surface area (Å²) < 4.78 is 0. The molecule has 5 heteroatoms. The Balaban J connectivity index is 2.91. The molecule has 0 heterocycles. The molecule has 2 N–H and O–H groups in total. The van der Waals surface area contributed by atoms with Crippen molar-refractivity contribution in [2.24, 2.45) is 0 Å². The van der Waals surface area contributed by atoms with Gasteiger partial charge in [0.2, 0.25) is 0 Å². The second-order valence-corrected chi connectivity index (χ2v) is 4.77. The Hall–Kier alpha value is -2.48. The third kappa shape index (κ3) is 5.19. The van der Waals surface area contributed by atoms with Gasteiger partial charge in [-0.2, -0.15) is 0 Å². The molecule has 0 aliphatic heterocycles. The third-order valence-electron chi connectivity index (χ3n) is 2.96. The fourth-order valence-corrected chi connectivity index (χ4v) is 1.85. The largest absolute Gasteiger partial charge is 0.480 e. The lowest BCUT2D eigenvalue weighted by Gasteiger charge is -2.23. The number of nitrogens with zero attached hydrogens (tertiary/aromatic N) is 1. The van der Waals surface area contributed by atoms with Gasteiger partial charge in [-0.05, 0) is 25.5 Å². The van der Waals surface area contributed by atoms with E-state index < -0.39 is 24.6 Å². The molecule has 0 aromatic heterocycles. The van der Waals surface area contributed by atoms with E-state index in [0.29, 0.717) is 12.1 Å².